The van der Waals surface area contributed by atoms with Crippen LogP contribution in [0.2, 0.25) is 0 Å². The van der Waals surface area contributed by atoms with Crippen LogP contribution in [0, 0.1) is 5.92 Å². The Bertz CT molecular complexity index is 217. The molecule has 0 aromatic carbocycles. The highest BCUT2D eigenvalue weighted by Crippen LogP contribution is 1.94. The average molecular weight is 257 g/mol. The van der Waals surface area contributed by atoms with Crippen molar-refractivity contribution in [3.05, 3.63) is 0 Å². The van der Waals surface area contributed by atoms with Crippen LogP contribution in [0.5, 0.6) is 0 Å². The molecule has 0 aliphatic carbocycles. The van der Waals surface area contributed by atoms with Crippen LogP contribution in [0.1, 0.15) is 47.5 Å². The number of ether oxygens (including phenoxy) is 1. The SMILES string of the molecule is CCNC(=NCCCOCC(C)C)NC(C)CC. The van der Waals surface area contributed by atoms with Crippen molar-refractivity contribution in [2.45, 2.75) is 53.5 Å². The molecule has 4 heteroatoms. The van der Waals surface area contributed by atoms with Crippen LogP contribution >= 0.6 is 0 Å². The van der Waals surface area contributed by atoms with Gasteiger partial charge in [-0.15, -0.1) is 0 Å². The van der Waals surface area contributed by atoms with E-state index in [0.717, 1.165) is 45.1 Å². The Hall–Kier alpha value is -0.770. The van der Waals surface area contributed by atoms with Crippen molar-refractivity contribution in [2.24, 2.45) is 10.9 Å². The van der Waals surface area contributed by atoms with E-state index in [4.69, 9.17) is 4.74 Å². The van der Waals surface area contributed by atoms with Crippen LogP contribution in [-0.2, 0) is 4.74 Å². The molecule has 0 amide bonds. The first kappa shape index (κ1) is 17.2. The molecular formula is C14H31N3O. The molecule has 1 unspecified atom stereocenters. The van der Waals surface area contributed by atoms with Gasteiger partial charge in [0.05, 0.1) is 0 Å². The van der Waals surface area contributed by atoms with Gasteiger partial charge in [0.15, 0.2) is 5.96 Å². The fraction of sp³-hybridized carbons (Fsp3) is 0.929. The number of hydrogen-bond donors (Lipinski definition) is 2. The van der Waals surface area contributed by atoms with Gasteiger partial charge in [-0.05, 0) is 32.6 Å². The second-order valence-electron chi connectivity index (χ2n) is 5.04. The van der Waals surface area contributed by atoms with Gasteiger partial charge in [0.1, 0.15) is 0 Å². The highest BCUT2D eigenvalue weighted by Gasteiger charge is 2.01. The first-order valence-corrected chi connectivity index (χ1v) is 7.22. The Kier molecular flexibility index (Phi) is 10.8. The standard InChI is InChI=1S/C14H31N3O/c1-6-13(5)17-14(15-7-2)16-9-8-10-18-11-12(3)4/h12-13H,6-11H2,1-5H3,(H2,15,16,17). The number of nitrogens with one attached hydrogen (secondary N) is 2. The molecule has 108 valence electrons. The van der Waals surface area contributed by atoms with E-state index in [0.29, 0.717) is 12.0 Å². The topological polar surface area (TPSA) is 45.7 Å². The van der Waals surface area contributed by atoms with E-state index in [-0.39, 0.29) is 0 Å². The van der Waals surface area contributed by atoms with Gasteiger partial charge in [-0.2, -0.15) is 0 Å². The number of nitrogens with zero attached hydrogens (tertiary/aromatic N) is 1. The van der Waals surface area contributed by atoms with Crippen LogP contribution < -0.4 is 10.6 Å². The molecule has 4 nitrogen and oxygen atoms in total. The van der Waals surface area contributed by atoms with E-state index in [2.05, 4.69) is 50.2 Å². The van der Waals surface area contributed by atoms with Crippen molar-refractivity contribution >= 4 is 5.96 Å². The third-order valence-electron chi connectivity index (χ3n) is 2.51. The van der Waals surface area contributed by atoms with E-state index in [1.165, 1.54) is 0 Å². The van der Waals surface area contributed by atoms with E-state index < -0.39 is 0 Å². The molecule has 0 rings (SSSR count). The Balaban J connectivity index is 3.79. The van der Waals surface area contributed by atoms with Crippen molar-refractivity contribution in [1.82, 2.24) is 10.6 Å². The van der Waals surface area contributed by atoms with Gasteiger partial charge in [0, 0.05) is 32.3 Å². The summed E-state index contributed by atoms with van der Waals surface area (Å²) in [5, 5.41) is 6.63. The minimum atomic E-state index is 0.458. The van der Waals surface area contributed by atoms with Gasteiger partial charge in [-0.3, -0.25) is 4.99 Å². The summed E-state index contributed by atoms with van der Waals surface area (Å²) in [5.74, 6) is 1.52. The molecule has 0 bridgehead atoms. The zero-order valence-corrected chi connectivity index (χ0v) is 12.8. The van der Waals surface area contributed by atoms with Gasteiger partial charge >= 0.3 is 0 Å². The highest BCUT2D eigenvalue weighted by molar-refractivity contribution is 5.79. The maximum Gasteiger partial charge on any atom is 0.191 e. The van der Waals surface area contributed by atoms with Crippen LogP contribution in [0.4, 0.5) is 0 Å². The molecule has 0 aliphatic heterocycles. The van der Waals surface area contributed by atoms with Crippen molar-refractivity contribution in [3.8, 4) is 0 Å². The van der Waals surface area contributed by atoms with Gasteiger partial charge in [0.25, 0.3) is 0 Å². The van der Waals surface area contributed by atoms with Crippen LogP contribution in [0.3, 0.4) is 0 Å². The summed E-state index contributed by atoms with van der Waals surface area (Å²) in [4.78, 5) is 4.53. The Morgan fingerprint density at radius 2 is 1.94 bits per heavy atom. The predicted molar refractivity (Wildman–Crippen MR) is 79.1 cm³/mol. The lowest BCUT2D eigenvalue weighted by atomic mass is 10.2. The minimum Gasteiger partial charge on any atom is -0.381 e. The molecule has 1 atom stereocenters. The molecule has 0 saturated heterocycles. The Morgan fingerprint density at radius 1 is 1.22 bits per heavy atom. The van der Waals surface area contributed by atoms with Crippen LogP contribution in [0.15, 0.2) is 4.99 Å². The smallest absolute Gasteiger partial charge is 0.191 e. The number of guanidine groups is 1. The van der Waals surface area contributed by atoms with Crippen molar-refractivity contribution in [1.29, 1.82) is 0 Å². The normalized spacial score (nSPS) is 13.8. The predicted octanol–water partition coefficient (Wildman–Crippen LogP) is 2.40. The fourth-order valence-corrected chi connectivity index (χ4v) is 1.33. The zero-order chi connectivity index (χ0) is 13.8. The van der Waals surface area contributed by atoms with Crippen LogP contribution in [-0.4, -0.2) is 38.3 Å². The average Bonchev–Trinajstić information content (AvgIpc) is 2.33. The molecule has 2 N–H and O–H groups in total. The quantitative estimate of drug-likeness (QED) is 0.379. The van der Waals surface area contributed by atoms with Gasteiger partial charge in [-0.1, -0.05) is 20.8 Å². The summed E-state index contributed by atoms with van der Waals surface area (Å²) < 4.78 is 5.53. The number of rotatable bonds is 9. The van der Waals surface area contributed by atoms with E-state index in [9.17, 15) is 0 Å². The summed E-state index contributed by atoms with van der Waals surface area (Å²) in [5.41, 5.74) is 0. The van der Waals surface area contributed by atoms with Crippen molar-refractivity contribution in [2.75, 3.05) is 26.3 Å². The molecule has 0 heterocycles. The molecule has 0 aliphatic rings. The van der Waals surface area contributed by atoms with Crippen molar-refractivity contribution in [3.63, 3.8) is 0 Å². The highest BCUT2D eigenvalue weighted by atomic mass is 16.5. The molecule has 0 spiro atoms. The molecule has 0 saturated carbocycles. The number of aliphatic imine (C=N–C) groups is 1. The summed E-state index contributed by atoms with van der Waals surface area (Å²) in [6.45, 7) is 14.1. The third kappa shape index (κ3) is 10.4. The maximum absolute atomic E-state index is 5.53. The molecular weight excluding hydrogens is 226 g/mol. The van der Waals surface area contributed by atoms with Crippen LogP contribution in [0.25, 0.3) is 0 Å². The van der Waals surface area contributed by atoms with Crippen molar-refractivity contribution < 1.29 is 4.74 Å². The molecule has 0 fully saturated rings. The van der Waals surface area contributed by atoms with Gasteiger partial charge in [-0.25, -0.2) is 0 Å². The molecule has 0 aromatic heterocycles. The lowest BCUT2D eigenvalue weighted by Gasteiger charge is -2.16. The lowest BCUT2D eigenvalue weighted by Crippen LogP contribution is -2.42. The minimum absolute atomic E-state index is 0.458. The van der Waals surface area contributed by atoms with Gasteiger partial charge < -0.3 is 15.4 Å². The summed E-state index contributed by atoms with van der Waals surface area (Å²) in [6, 6.07) is 0.458. The van der Waals surface area contributed by atoms with E-state index in [1.54, 1.807) is 0 Å². The third-order valence-corrected chi connectivity index (χ3v) is 2.51. The largest absolute Gasteiger partial charge is 0.381 e. The van der Waals surface area contributed by atoms with Gasteiger partial charge in [0.2, 0.25) is 0 Å². The zero-order valence-electron chi connectivity index (χ0n) is 12.8. The monoisotopic (exact) mass is 257 g/mol. The Morgan fingerprint density at radius 3 is 2.50 bits per heavy atom. The molecule has 0 radical (unpaired) electrons. The van der Waals surface area contributed by atoms with E-state index in [1.807, 2.05) is 0 Å². The van der Waals surface area contributed by atoms with E-state index >= 15 is 0 Å². The summed E-state index contributed by atoms with van der Waals surface area (Å²) >= 11 is 0. The second-order valence-corrected chi connectivity index (χ2v) is 5.04. The Labute approximate surface area is 113 Å². The summed E-state index contributed by atoms with van der Waals surface area (Å²) in [6.07, 6.45) is 2.08. The summed E-state index contributed by atoms with van der Waals surface area (Å²) in [7, 11) is 0. The maximum atomic E-state index is 5.53. The fourth-order valence-electron chi connectivity index (χ4n) is 1.33. The second kappa shape index (κ2) is 11.3. The first-order valence-electron chi connectivity index (χ1n) is 7.22. The molecule has 0 aromatic rings. The molecule has 18 heavy (non-hydrogen) atoms. The lowest BCUT2D eigenvalue weighted by molar-refractivity contribution is 0.109. The first-order chi connectivity index (χ1) is 8.60. The number of hydrogen-bond acceptors (Lipinski definition) is 2.